The van der Waals surface area contributed by atoms with Crippen LogP contribution in [0.1, 0.15) is 13.8 Å². The van der Waals surface area contributed by atoms with Crippen molar-refractivity contribution in [1.82, 2.24) is 10.9 Å². The van der Waals surface area contributed by atoms with Gasteiger partial charge in [-0.3, -0.25) is 0 Å². The lowest BCUT2D eigenvalue weighted by Crippen LogP contribution is -2.30. The van der Waals surface area contributed by atoms with Crippen molar-refractivity contribution < 1.29 is 0 Å². The molecule has 0 saturated carbocycles. The Hall–Kier alpha value is -1.06. The number of hydrogen-bond donors (Lipinski definition) is 2. The van der Waals surface area contributed by atoms with Gasteiger partial charge in [-0.25, -0.2) is 0 Å². The molecule has 1 unspecified atom stereocenters. The van der Waals surface area contributed by atoms with Crippen molar-refractivity contribution in [3.05, 3.63) is 0 Å². The second-order valence-corrected chi connectivity index (χ2v) is 1.94. The van der Waals surface area contributed by atoms with E-state index in [0.717, 1.165) is 6.54 Å². The number of nitrogens with one attached hydrogen (secondary N) is 2. The SMILES string of the molecule is C=NNCC(C)N/N=C\C. The summed E-state index contributed by atoms with van der Waals surface area (Å²) in [6, 6.07) is 0.279. The van der Waals surface area contributed by atoms with Crippen LogP contribution in [0.15, 0.2) is 10.2 Å². The minimum atomic E-state index is 0.279. The molecule has 0 aromatic heterocycles. The predicted octanol–water partition coefficient (Wildman–Crippen LogP) is 0.175. The Bertz CT molecular complexity index is 110. The van der Waals surface area contributed by atoms with Crippen LogP contribution in [0.5, 0.6) is 0 Å². The van der Waals surface area contributed by atoms with Gasteiger partial charge in [0.15, 0.2) is 0 Å². The van der Waals surface area contributed by atoms with Crippen LogP contribution in [0.4, 0.5) is 0 Å². The first-order valence-electron chi connectivity index (χ1n) is 3.23. The van der Waals surface area contributed by atoms with Gasteiger partial charge >= 0.3 is 0 Å². The highest BCUT2D eigenvalue weighted by molar-refractivity contribution is 5.52. The molecule has 0 aliphatic heterocycles. The monoisotopic (exact) mass is 142 g/mol. The van der Waals surface area contributed by atoms with E-state index in [-0.39, 0.29) is 6.04 Å². The average Bonchev–Trinajstić information content (AvgIpc) is 1.97. The second kappa shape index (κ2) is 6.07. The Labute approximate surface area is 61.4 Å². The minimum absolute atomic E-state index is 0.279. The van der Waals surface area contributed by atoms with Crippen molar-refractivity contribution in [3.8, 4) is 0 Å². The largest absolute Gasteiger partial charge is 0.309 e. The molecule has 0 heterocycles. The molecule has 0 aliphatic carbocycles. The molecule has 10 heavy (non-hydrogen) atoms. The van der Waals surface area contributed by atoms with Crippen molar-refractivity contribution in [2.45, 2.75) is 19.9 Å². The van der Waals surface area contributed by atoms with Gasteiger partial charge in [-0.05, 0) is 13.8 Å². The van der Waals surface area contributed by atoms with E-state index in [0.29, 0.717) is 0 Å². The van der Waals surface area contributed by atoms with Crippen molar-refractivity contribution in [1.29, 1.82) is 0 Å². The van der Waals surface area contributed by atoms with Crippen LogP contribution in [-0.4, -0.2) is 25.5 Å². The number of rotatable bonds is 5. The van der Waals surface area contributed by atoms with Gasteiger partial charge in [0.1, 0.15) is 0 Å². The van der Waals surface area contributed by atoms with E-state index in [1.807, 2.05) is 13.8 Å². The summed E-state index contributed by atoms with van der Waals surface area (Å²) < 4.78 is 0. The lowest BCUT2D eigenvalue weighted by molar-refractivity contribution is 0.530. The van der Waals surface area contributed by atoms with E-state index in [9.17, 15) is 0 Å². The molecule has 0 aromatic rings. The molecule has 2 N–H and O–H groups in total. The van der Waals surface area contributed by atoms with Crippen LogP contribution < -0.4 is 10.9 Å². The van der Waals surface area contributed by atoms with Crippen molar-refractivity contribution in [2.24, 2.45) is 10.2 Å². The Morgan fingerprint density at radius 2 is 2.40 bits per heavy atom. The van der Waals surface area contributed by atoms with E-state index in [2.05, 4.69) is 27.8 Å². The Balaban J connectivity index is 3.24. The third kappa shape index (κ3) is 5.08. The summed E-state index contributed by atoms with van der Waals surface area (Å²) in [5.74, 6) is 0. The molecule has 0 saturated heterocycles. The normalized spacial score (nSPS) is 13.0. The van der Waals surface area contributed by atoms with E-state index in [1.165, 1.54) is 0 Å². The maximum Gasteiger partial charge on any atom is 0.0601 e. The Morgan fingerprint density at radius 3 is 2.90 bits per heavy atom. The third-order valence-electron chi connectivity index (χ3n) is 0.933. The number of nitrogens with zero attached hydrogens (tertiary/aromatic N) is 2. The highest BCUT2D eigenvalue weighted by atomic mass is 15.3. The summed E-state index contributed by atoms with van der Waals surface area (Å²) in [4.78, 5) is 0. The topological polar surface area (TPSA) is 48.8 Å². The molecule has 4 heteroatoms. The molecule has 0 amide bonds. The van der Waals surface area contributed by atoms with E-state index >= 15 is 0 Å². The lowest BCUT2D eigenvalue weighted by atomic mass is 10.4. The summed E-state index contributed by atoms with van der Waals surface area (Å²) in [6.07, 6.45) is 1.71. The summed E-state index contributed by atoms with van der Waals surface area (Å²) in [5, 5.41) is 7.34. The van der Waals surface area contributed by atoms with Crippen LogP contribution in [0.25, 0.3) is 0 Å². The highest BCUT2D eigenvalue weighted by Gasteiger charge is 1.94. The zero-order valence-electron chi connectivity index (χ0n) is 6.46. The fourth-order valence-corrected chi connectivity index (χ4v) is 0.449. The summed E-state index contributed by atoms with van der Waals surface area (Å²) >= 11 is 0. The van der Waals surface area contributed by atoms with E-state index < -0.39 is 0 Å². The van der Waals surface area contributed by atoms with Gasteiger partial charge in [0.05, 0.1) is 12.6 Å². The van der Waals surface area contributed by atoms with Crippen LogP contribution in [0, 0.1) is 0 Å². The molecule has 0 fully saturated rings. The molecule has 0 rings (SSSR count). The molecule has 4 nitrogen and oxygen atoms in total. The third-order valence-corrected chi connectivity index (χ3v) is 0.933. The van der Waals surface area contributed by atoms with Gasteiger partial charge in [0.2, 0.25) is 0 Å². The van der Waals surface area contributed by atoms with Crippen LogP contribution >= 0.6 is 0 Å². The molecule has 0 aliphatic rings. The minimum Gasteiger partial charge on any atom is -0.309 e. The molecule has 0 bridgehead atoms. The summed E-state index contributed by atoms with van der Waals surface area (Å²) in [7, 11) is 0. The fourth-order valence-electron chi connectivity index (χ4n) is 0.449. The van der Waals surface area contributed by atoms with Gasteiger partial charge in [-0.1, -0.05) is 0 Å². The smallest absolute Gasteiger partial charge is 0.0601 e. The zero-order valence-corrected chi connectivity index (χ0v) is 6.46. The quantitative estimate of drug-likeness (QED) is 0.425. The molecule has 0 spiro atoms. The van der Waals surface area contributed by atoms with Gasteiger partial charge < -0.3 is 10.9 Å². The van der Waals surface area contributed by atoms with Gasteiger partial charge in [-0.15, -0.1) is 0 Å². The summed E-state index contributed by atoms with van der Waals surface area (Å²) in [5.41, 5.74) is 5.62. The van der Waals surface area contributed by atoms with Gasteiger partial charge in [0, 0.05) is 12.9 Å². The maximum atomic E-state index is 3.85. The standard InChI is InChI=1S/C6H14N4/c1-4-8-10-6(2)5-9-7-3/h4,6,9-10H,3,5H2,1-2H3/b8-4-. The zero-order chi connectivity index (χ0) is 7.82. The molecule has 1 atom stereocenters. The van der Waals surface area contributed by atoms with Gasteiger partial charge in [-0.2, -0.15) is 10.2 Å². The Kier molecular flexibility index (Phi) is 5.42. The first kappa shape index (κ1) is 8.94. The lowest BCUT2D eigenvalue weighted by Gasteiger charge is -2.08. The first-order valence-corrected chi connectivity index (χ1v) is 3.23. The van der Waals surface area contributed by atoms with Crippen molar-refractivity contribution >= 4 is 12.9 Å². The fraction of sp³-hybridized carbons (Fsp3) is 0.667. The average molecular weight is 142 g/mol. The van der Waals surface area contributed by atoms with E-state index in [4.69, 9.17) is 0 Å². The molecule has 0 aromatic carbocycles. The molecule has 0 radical (unpaired) electrons. The van der Waals surface area contributed by atoms with Crippen molar-refractivity contribution in [3.63, 3.8) is 0 Å². The molecular weight excluding hydrogens is 128 g/mol. The molecular formula is C6H14N4. The molecule has 58 valence electrons. The summed E-state index contributed by atoms with van der Waals surface area (Å²) in [6.45, 7) is 7.89. The van der Waals surface area contributed by atoms with Crippen LogP contribution in [0.3, 0.4) is 0 Å². The van der Waals surface area contributed by atoms with Crippen LogP contribution in [0.2, 0.25) is 0 Å². The first-order chi connectivity index (χ1) is 4.81. The number of hydrazone groups is 2. The van der Waals surface area contributed by atoms with E-state index in [1.54, 1.807) is 6.21 Å². The predicted molar refractivity (Wildman–Crippen MR) is 44.3 cm³/mol. The highest BCUT2D eigenvalue weighted by Crippen LogP contribution is 1.76. The Morgan fingerprint density at radius 1 is 1.70 bits per heavy atom. The van der Waals surface area contributed by atoms with Crippen molar-refractivity contribution in [2.75, 3.05) is 6.54 Å². The van der Waals surface area contributed by atoms with Gasteiger partial charge in [0.25, 0.3) is 0 Å². The number of hydrogen-bond acceptors (Lipinski definition) is 4. The second-order valence-electron chi connectivity index (χ2n) is 1.94. The van der Waals surface area contributed by atoms with Crippen LogP contribution in [-0.2, 0) is 0 Å². The maximum absolute atomic E-state index is 3.85.